The summed E-state index contributed by atoms with van der Waals surface area (Å²) in [6.45, 7) is 5.54. The summed E-state index contributed by atoms with van der Waals surface area (Å²) in [5.41, 5.74) is 0.0913. The molecule has 0 spiro atoms. The van der Waals surface area contributed by atoms with E-state index in [0.29, 0.717) is 15.0 Å². The van der Waals surface area contributed by atoms with Gasteiger partial charge in [-0.1, -0.05) is 39.0 Å². The van der Waals surface area contributed by atoms with E-state index in [4.69, 9.17) is 4.42 Å². The van der Waals surface area contributed by atoms with Crippen LogP contribution in [0.25, 0.3) is 23.1 Å². The second-order valence-electron chi connectivity index (χ2n) is 6.37. The van der Waals surface area contributed by atoms with Crippen molar-refractivity contribution < 1.29 is 9.21 Å². The molecule has 0 bridgehead atoms. The van der Waals surface area contributed by atoms with Gasteiger partial charge in [0, 0.05) is 23.0 Å². The van der Waals surface area contributed by atoms with Crippen LogP contribution in [-0.4, -0.2) is 10.8 Å². The molecule has 0 saturated carbocycles. The Bertz CT molecular complexity index is 1010. The number of H-pyrrole nitrogens is 1. The van der Waals surface area contributed by atoms with E-state index in [-0.39, 0.29) is 11.3 Å². The third-order valence-corrected chi connectivity index (χ3v) is 4.36. The number of para-hydroxylation sites is 1. The first-order valence-electron chi connectivity index (χ1n) is 7.28. The number of thiazole rings is 1. The van der Waals surface area contributed by atoms with E-state index in [2.05, 4.69) is 4.98 Å². The van der Waals surface area contributed by atoms with Gasteiger partial charge in [0.1, 0.15) is 11.3 Å². The number of benzene rings is 1. The Morgan fingerprint density at radius 2 is 2.00 bits per heavy atom. The Balaban J connectivity index is 2.05. The number of carbonyl (C=O) groups is 1. The van der Waals surface area contributed by atoms with Crippen LogP contribution in [-0.2, 0) is 4.79 Å². The summed E-state index contributed by atoms with van der Waals surface area (Å²) in [6.07, 6.45) is 3.18. The van der Waals surface area contributed by atoms with E-state index in [1.54, 1.807) is 6.08 Å². The highest BCUT2D eigenvalue weighted by molar-refractivity contribution is 7.07. The lowest BCUT2D eigenvalue weighted by Crippen LogP contribution is -2.22. The minimum Gasteiger partial charge on any atom is -0.457 e. The zero-order valence-corrected chi connectivity index (χ0v) is 14.0. The number of carbonyl (C=O) groups excluding carboxylic acids is 1. The van der Waals surface area contributed by atoms with Gasteiger partial charge in [0.2, 0.25) is 0 Å². The highest BCUT2D eigenvalue weighted by Crippen LogP contribution is 2.19. The van der Waals surface area contributed by atoms with Gasteiger partial charge in [-0.3, -0.25) is 9.59 Å². The van der Waals surface area contributed by atoms with E-state index in [0.717, 1.165) is 11.0 Å². The molecule has 0 saturated heterocycles. The van der Waals surface area contributed by atoms with Gasteiger partial charge in [-0.25, -0.2) is 0 Å². The molecule has 2 heterocycles. The number of Topliss-reactive ketones (excluding diaryl/α,β-unsaturated/α-hetero) is 1. The molecule has 0 aliphatic heterocycles. The van der Waals surface area contributed by atoms with E-state index in [9.17, 15) is 9.59 Å². The van der Waals surface area contributed by atoms with E-state index in [1.165, 1.54) is 17.4 Å². The summed E-state index contributed by atoms with van der Waals surface area (Å²) in [6, 6.07) is 9.56. The van der Waals surface area contributed by atoms with Crippen LogP contribution in [0, 0.1) is 5.41 Å². The van der Waals surface area contributed by atoms with Crippen LogP contribution in [0.2, 0.25) is 0 Å². The van der Waals surface area contributed by atoms with Crippen LogP contribution in [0.15, 0.2) is 39.5 Å². The van der Waals surface area contributed by atoms with Crippen molar-refractivity contribution >= 4 is 40.2 Å². The Labute approximate surface area is 136 Å². The van der Waals surface area contributed by atoms with Gasteiger partial charge in [0.05, 0.1) is 9.20 Å². The molecule has 4 nitrogen and oxygen atoms in total. The third kappa shape index (κ3) is 3.35. The average molecular weight is 327 g/mol. The predicted molar refractivity (Wildman–Crippen MR) is 92.9 cm³/mol. The molecule has 3 rings (SSSR count). The molecular weight excluding hydrogens is 310 g/mol. The molecule has 3 aromatic rings. The van der Waals surface area contributed by atoms with E-state index < -0.39 is 5.41 Å². The van der Waals surface area contributed by atoms with Gasteiger partial charge >= 0.3 is 0 Å². The maximum atomic E-state index is 12.0. The molecule has 1 aromatic carbocycles. The molecule has 0 aliphatic rings. The maximum Gasteiger partial charge on any atom is 0.266 e. The number of aromatic amines is 1. The van der Waals surface area contributed by atoms with Gasteiger partial charge in [0.15, 0.2) is 5.78 Å². The molecule has 2 aromatic heterocycles. The number of fused-ring (bicyclic) bond motifs is 1. The molecule has 0 atom stereocenters. The number of furan rings is 1. The van der Waals surface area contributed by atoms with Crippen molar-refractivity contribution in [2.75, 3.05) is 0 Å². The number of aromatic nitrogens is 1. The lowest BCUT2D eigenvalue weighted by Gasteiger charge is -2.12. The topological polar surface area (TPSA) is 63.1 Å². The number of rotatable bonds is 2. The molecule has 118 valence electrons. The van der Waals surface area contributed by atoms with Gasteiger partial charge < -0.3 is 9.40 Å². The zero-order valence-electron chi connectivity index (χ0n) is 13.2. The fourth-order valence-corrected chi connectivity index (χ4v) is 2.93. The molecule has 23 heavy (non-hydrogen) atoms. The van der Waals surface area contributed by atoms with Crippen molar-refractivity contribution in [1.29, 1.82) is 0 Å². The largest absolute Gasteiger partial charge is 0.457 e. The number of hydrogen-bond acceptors (Lipinski definition) is 4. The molecule has 0 unspecified atom stereocenters. The summed E-state index contributed by atoms with van der Waals surface area (Å²) >= 11 is 1.25. The Morgan fingerprint density at radius 1 is 1.26 bits per heavy atom. The zero-order chi connectivity index (χ0) is 16.6. The molecular formula is C18H17NO3S. The summed E-state index contributed by atoms with van der Waals surface area (Å²) in [7, 11) is 0. The normalized spacial score (nSPS) is 13.9. The summed E-state index contributed by atoms with van der Waals surface area (Å²) in [5, 5.41) is 0.987. The van der Waals surface area contributed by atoms with Gasteiger partial charge in [-0.15, -0.1) is 11.3 Å². The van der Waals surface area contributed by atoms with Crippen LogP contribution >= 0.6 is 11.3 Å². The maximum absolute atomic E-state index is 12.0. The highest BCUT2D eigenvalue weighted by Gasteiger charge is 2.18. The van der Waals surface area contributed by atoms with Gasteiger partial charge in [-0.2, -0.15) is 0 Å². The van der Waals surface area contributed by atoms with Crippen LogP contribution in [0.1, 0.15) is 26.5 Å². The van der Waals surface area contributed by atoms with Crippen LogP contribution in [0.5, 0.6) is 0 Å². The number of nitrogens with one attached hydrogen (secondary N) is 1. The molecule has 0 fully saturated rings. The first-order valence-corrected chi connectivity index (χ1v) is 8.10. The monoisotopic (exact) mass is 327 g/mol. The first-order chi connectivity index (χ1) is 10.8. The van der Waals surface area contributed by atoms with Crippen molar-refractivity contribution in [3.8, 4) is 0 Å². The quantitative estimate of drug-likeness (QED) is 0.786. The Kier molecular flexibility index (Phi) is 3.82. The van der Waals surface area contributed by atoms with Crippen molar-refractivity contribution in [3.05, 3.63) is 55.6 Å². The van der Waals surface area contributed by atoms with Gasteiger partial charge in [-0.05, 0) is 12.1 Å². The minimum atomic E-state index is -0.469. The van der Waals surface area contributed by atoms with Crippen molar-refractivity contribution in [1.82, 2.24) is 4.98 Å². The first kappa shape index (κ1) is 15.5. The van der Waals surface area contributed by atoms with E-state index in [1.807, 2.05) is 51.1 Å². The van der Waals surface area contributed by atoms with Crippen LogP contribution < -0.4 is 14.8 Å². The lowest BCUT2D eigenvalue weighted by molar-refractivity contribution is -0.119. The summed E-state index contributed by atoms with van der Waals surface area (Å²) < 4.78 is 6.76. The van der Waals surface area contributed by atoms with Crippen molar-refractivity contribution in [2.24, 2.45) is 5.41 Å². The second-order valence-corrected chi connectivity index (χ2v) is 7.46. The lowest BCUT2D eigenvalue weighted by atomic mass is 9.91. The standard InChI is InChI=1S/C18H17NO3S/c1-18(2,3)15(20)10-16-19-17(21)14(23-16)9-12-8-11-6-4-5-7-13(11)22-12/h4-10H,1-3H3,(H,19,21)/b14-9-,16-10-. The smallest absolute Gasteiger partial charge is 0.266 e. The fourth-order valence-electron chi connectivity index (χ4n) is 2.06. The van der Waals surface area contributed by atoms with Crippen molar-refractivity contribution in [2.45, 2.75) is 20.8 Å². The third-order valence-electron chi connectivity index (χ3n) is 3.40. The van der Waals surface area contributed by atoms with Crippen LogP contribution in [0.3, 0.4) is 0 Å². The van der Waals surface area contributed by atoms with Crippen LogP contribution in [0.4, 0.5) is 0 Å². The summed E-state index contributed by atoms with van der Waals surface area (Å²) in [4.78, 5) is 26.8. The average Bonchev–Trinajstić information content (AvgIpc) is 3.01. The van der Waals surface area contributed by atoms with Gasteiger partial charge in [0.25, 0.3) is 5.56 Å². The fraction of sp³-hybridized carbons (Fsp3) is 0.222. The molecule has 5 heteroatoms. The molecule has 0 radical (unpaired) electrons. The molecule has 0 amide bonds. The minimum absolute atomic E-state index is 0.0229. The number of hydrogen-bond donors (Lipinski definition) is 1. The van der Waals surface area contributed by atoms with Crippen molar-refractivity contribution in [3.63, 3.8) is 0 Å². The second kappa shape index (κ2) is 5.66. The molecule has 1 N–H and O–H groups in total. The molecule has 0 aliphatic carbocycles. The summed E-state index contributed by atoms with van der Waals surface area (Å²) in [5.74, 6) is 0.595. The Morgan fingerprint density at radius 3 is 2.70 bits per heavy atom. The number of ketones is 1. The highest BCUT2D eigenvalue weighted by atomic mass is 32.1. The predicted octanol–water partition coefficient (Wildman–Crippen LogP) is 2.41. The van der Waals surface area contributed by atoms with E-state index >= 15 is 0 Å². The SMILES string of the molecule is CC(C)(C)C(=O)/C=c1/[nH]c(=O)/c(=C/c2cc3ccccc3o2)s1. The Hall–Kier alpha value is -2.40.